The van der Waals surface area contributed by atoms with Gasteiger partial charge in [-0.1, -0.05) is 25.3 Å². The van der Waals surface area contributed by atoms with Crippen LogP contribution in [0.25, 0.3) is 0 Å². The number of carbonyl (C=O) groups is 1. The van der Waals surface area contributed by atoms with Crippen molar-refractivity contribution in [1.82, 2.24) is 9.21 Å². The lowest BCUT2D eigenvalue weighted by atomic mass is 9.96. The molecule has 0 aromatic heterocycles. The number of amides is 1. The van der Waals surface area contributed by atoms with Crippen molar-refractivity contribution in [2.45, 2.75) is 56.0 Å². The van der Waals surface area contributed by atoms with E-state index in [-0.39, 0.29) is 16.8 Å². The Morgan fingerprint density at radius 2 is 1.67 bits per heavy atom. The van der Waals surface area contributed by atoms with Crippen LogP contribution in [-0.4, -0.2) is 57.4 Å². The zero-order chi connectivity index (χ0) is 23.6. The number of fused-ring (bicyclic) bond motifs is 1. The fraction of sp³-hybridized carbons (Fsp3) is 0.480. The van der Waals surface area contributed by atoms with Gasteiger partial charge in [0.2, 0.25) is 10.0 Å². The van der Waals surface area contributed by atoms with Crippen molar-refractivity contribution in [3.05, 3.63) is 53.1 Å². The predicted octanol–water partition coefficient (Wildman–Crippen LogP) is 3.86. The van der Waals surface area contributed by atoms with Gasteiger partial charge in [0.1, 0.15) is 0 Å². The molecule has 8 heteroatoms. The Bertz CT molecular complexity index is 1130. The number of rotatable bonds is 6. The molecule has 1 aliphatic carbocycles. The average Bonchev–Trinajstić information content (AvgIpc) is 2.87. The van der Waals surface area contributed by atoms with E-state index in [1.54, 1.807) is 44.4 Å². The molecular formula is C25H32N2O5S. The quantitative estimate of drug-likeness (QED) is 0.638. The van der Waals surface area contributed by atoms with Gasteiger partial charge in [0.05, 0.1) is 19.1 Å². The summed E-state index contributed by atoms with van der Waals surface area (Å²) in [6.45, 7) is 0.994. The monoisotopic (exact) mass is 472 g/mol. The SMILES string of the molecule is COc1cc2c(cc1OC)CN(C(=O)c1cccc(S(=O)(=O)N(C)C3CCCCC3)c1)CC2. The summed E-state index contributed by atoms with van der Waals surface area (Å²) in [6.07, 6.45) is 5.73. The molecule has 0 saturated heterocycles. The summed E-state index contributed by atoms with van der Waals surface area (Å²) in [5.41, 5.74) is 2.52. The molecule has 2 aliphatic rings. The summed E-state index contributed by atoms with van der Waals surface area (Å²) >= 11 is 0. The van der Waals surface area contributed by atoms with E-state index in [1.807, 2.05) is 12.1 Å². The molecule has 0 unspecified atom stereocenters. The average molecular weight is 473 g/mol. The number of nitrogens with zero attached hydrogens (tertiary/aromatic N) is 2. The van der Waals surface area contributed by atoms with Gasteiger partial charge < -0.3 is 14.4 Å². The van der Waals surface area contributed by atoms with Gasteiger partial charge in [-0.05, 0) is 60.7 Å². The van der Waals surface area contributed by atoms with Crippen LogP contribution in [0, 0.1) is 0 Å². The maximum atomic E-state index is 13.3. The molecule has 178 valence electrons. The maximum Gasteiger partial charge on any atom is 0.254 e. The second kappa shape index (κ2) is 9.73. The molecule has 1 saturated carbocycles. The molecule has 0 bridgehead atoms. The molecule has 0 spiro atoms. The Labute approximate surface area is 196 Å². The Balaban J connectivity index is 1.55. The third-order valence-electron chi connectivity index (χ3n) is 6.85. The van der Waals surface area contributed by atoms with Crippen molar-refractivity contribution in [2.24, 2.45) is 0 Å². The Morgan fingerprint density at radius 1 is 1.00 bits per heavy atom. The molecule has 7 nitrogen and oxygen atoms in total. The second-order valence-electron chi connectivity index (χ2n) is 8.79. The van der Waals surface area contributed by atoms with E-state index in [9.17, 15) is 13.2 Å². The Hall–Kier alpha value is -2.58. The van der Waals surface area contributed by atoms with E-state index in [0.29, 0.717) is 36.6 Å². The normalized spacial score (nSPS) is 17.0. The van der Waals surface area contributed by atoms with Crippen LogP contribution in [0.3, 0.4) is 0 Å². The third-order valence-corrected chi connectivity index (χ3v) is 8.76. The first-order valence-corrected chi connectivity index (χ1v) is 12.9. The van der Waals surface area contributed by atoms with E-state index in [0.717, 1.165) is 43.2 Å². The zero-order valence-electron chi connectivity index (χ0n) is 19.5. The topological polar surface area (TPSA) is 76.1 Å². The molecule has 1 amide bonds. The van der Waals surface area contributed by atoms with E-state index >= 15 is 0 Å². The van der Waals surface area contributed by atoms with Crippen LogP contribution in [0.4, 0.5) is 0 Å². The van der Waals surface area contributed by atoms with E-state index < -0.39 is 10.0 Å². The van der Waals surface area contributed by atoms with Gasteiger partial charge in [-0.2, -0.15) is 4.31 Å². The Kier molecular flexibility index (Phi) is 6.95. The summed E-state index contributed by atoms with van der Waals surface area (Å²) in [6, 6.07) is 10.3. The highest BCUT2D eigenvalue weighted by molar-refractivity contribution is 7.89. The fourth-order valence-electron chi connectivity index (χ4n) is 4.84. The highest BCUT2D eigenvalue weighted by Crippen LogP contribution is 2.34. The Morgan fingerprint density at radius 3 is 2.33 bits per heavy atom. The minimum Gasteiger partial charge on any atom is -0.493 e. The molecule has 1 aliphatic heterocycles. The van der Waals surface area contributed by atoms with Crippen molar-refractivity contribution in [3.63, 3.8) is 0 Å². The maximum absolute atomic E-state index is 13.3. The van der Waals surface area contributed by atoms with Crippen LogP contribution in [0.5, 0.6) is 11.5 Å². The number of ether oxygens (including phenoxy) is 2. The molecule has 1 heterocycles. The van der Waals surface area contributed by atoms with E-state index in [4.69, 9.17) is 9.47 Å². The summed E-state index contributed by atoms with van der Waals surface area (Å²) in [4.78, 5) is 15.2. The van der Waals surface area contributed by atoms with Crippen LogP contribution < -0.4 is 9.47 Å². The van der Waals surface area contributed by atoms with Gasteiger partial charge in [-0.25, -0.2) is 8.42 Å². The van der Waals surface area contributed by atoms with Gasteiger partial charge in [-0.15, -0.1) is 0 Å². The number of sulfonamides is 1. The highest BCUT2D eigenvalue weighted by Gasteiger charge is 2.30. The van der Waals surface area contributed by atoms with E-state index in [2.05, 4.69) is 0 Å². The minimum atomic E-state index is -3.66. The van der Waals surface area contributed by atoms with Crippen molar-refractivity contribution >= 4 is 15.9 Å². The number of hydrogen-bond donors (Lipinski definition) is 0. The number of benzene rings is 2. The van der Waals surface area contributed by atoms with Crippen LogP contribution in [0.15, 0.2) is 41.3 Å². The molecule has 1 fully saturated rings. The molecule has 33 heavy (non-hydrogen) atoms. The van der Waals surface area contributed by atoms with Crippen molar-refractivity contribution in [1.29, 1.82) is 0 Å². The van der Waals surface area contributed by atoms with Crippen LogP contribution in [0.1, 0.15) is 53.6 Å². The molecule has 2 aromatic rings. The zero-order valence-corrected chi connectivity index (χ0v) is 20.4. The highest BCUT2D eigenvalue weighted by atomic mass is 32.2. The molecule has 2 aromatic carbocycles. The van der Waals surface area contributed by atoms with Crippen LogP contribution in [0.2, 0.25) is 0 Å². The van der Waals surface area contributed by atoms with E-state index in [1.165, 1.54) is 10.4 Å². The van der Waals surface area contributed by atoms with Gasteiger partial charge in [0.25, 0.3) is 5.91 Å². The van der Waals surface area contributed by atoms with Gasteiger partial charge in [0, 0.05) is 31.7 Å². The van der Waals surface area contributed by atoms with Gasteiger partial charge in [0.15, 0.2) is 11.5 Å². The summed E-state index contributed by atoms with van der Waals surface area (Å²) in [5, 5.41) is 0. The number of methoxy groups -OCH3 is 2. The molecule has 0 N–H and O–H groups in total. The summed E-state index contributed by atoms with van der Waals surface area (Å²) in [7, 11) is 1.19. The van der Waals surface area contributed by atoms with Gasteiger partial charge in [-0.3, -0.25) is 4.79 Å². The second-order valence-corrected chi connectivity index (χ2v) is 10.8. The van der Waals surface area contributed by atoms with Crippen LogP contribution in [-0.2, 0) is 23.0 Å². The number of carbonyl (C=O) groups excluding carboxylic acids is 1. The predicted molar refractivity (Wildman–Crippen MR) is 126 cm³/mol. The summed E-state index contributed by atoms with van der Waals surface area (Å²) in [5.74, 6) is 1.13. The lowest BCUT2D eigenvalue weighted by Crippen LogP contribution is -2.38. The lowest BCUT2D eigenvalue weighted by Gasteiger charge is -2.31. The first kappa shape index (κ1) is 23.6. The number of hydrogen-bond acceptors (Lipinski definition) is 5. The van der Waals surface area contributed by atoms with Crippen molar-refractivity contribution < 1.29 is 22.7 Å². The van der Waals surface area contributed by atoms with Crippen molar-refractivity contribution in [3.8, 4) is 11.5 Å². The third kappa shape index (κ3) is 4.73. The molecule has 0 atom stereocenters. The summed E-state index contributed by atoms with van der Waals surface area (Å²) < 4.78 is 38.8. The van der Waals surface area contributed by atoms with Crippen LogP contribution >= 0.6 is 0 Å². The lowest BCUT2D eigenvalue weighted by molar-refractivity contribution is 0.0734. The first-order valence-electron chi connectivity index (χ1n) is 11.5. The standard InChI is InChI=1S/C25H32N2O5S/c1-26(21-9-5-4-6-10-21)33(29,30)22-11-7-8-19(14-22)25(28)27-13-12-18-15-23(31-2)24(32-3)16-20(18)17-27/h7-8,11,14-16,21H,4-6,9-10,12-13,17H2,1-3H3. The smallest absolute Gasteiger partial charge is 0.254 e. The molecular weight excluding hydrogens is 440 g/mol. The molecule has 4 rings (SSSR count). The van der Waals surface area contributed by atoms with Crippen molar-refractivity contribution in [2.75, 3.05) is 27.8 Å². The largest absolute Gasteiger partial charge is 0.493 e. The first-order chi connectivity index (χ1) is 15.8. The fourth-order valence-corrected chi connectivity index (χ4v) is 6.30. The molecule has 0 radical (unpaired) electrons. The minimum absolute atomic E-state index is 0.0219. The van der Waals surface area contributed by atoms with Gasteiger partial charge >= 0.3 is 0 Å².